The minimum absolute atomic E-state index is 0.135. The summed E-state index contributed by atoms with van der Waals surface area (Å²) >= 11 is 0. The van der Waals surface area contributed by atoms with Crippen LogP contribution in [0.3, 0.4) is 0 Å². The molecule has 1 aromatic rings. The van der Waals surface area contributed by atoms with E-state index in [1.165, 1.54) is 7.05 Å². The van der Waals surface area contributed by atoms with Gasteiger partial charge in [0, 0.05) is 37.1 Å². The van der Waals surface area contributed by atoms with E-state index < -0.39 is 15.9 Å². The molecular weight excluding hydrogens is 314 g/mol. The van der Waals surface area contributed by atoms with Gasteiger partial charge in [-0.3, -0.25) is 14.1 Å². The quantitative estimate of drug-likeness (QED) is 0.897. The molecule has 0 bridgehead atoms. The normalized spacial score (nSPS) is 18.7. The van der Waals surface area contributed by atoms with Crippen LogP contribution in [0.5, 0.6) is 0 Å². The number of aliphatic imine (C=N–C) groups is 1. The Bertz CT molecular complexity index is 895. The summed E-state index contributed by atoms with van der Waals surface area (Å²) in [5, 5.41) is 2.73. The number of amides is 1. The summed E-state index contributed by atoms with van der Waals surface area (Å²) in [5.41, 5.74) is 2.93. The molecule has 3 rings (SSSR count). The summed E-state index contributed by atoms with van der Waals surface area (Å²) in [6.07, 6.45) is 3.77. The molecule has 0 fully saturated rings. The van der Waals surface area contributed by atoms with Crippen LogP contribution in [0.1, 0.15) is 24.5 Å². The number of nitrogens with zero attached hydrogens (tertiary/aromatic N) is 2. The number of hydrogen-bond acceptors (Lipinski definition) is 4. The lowest BCUT2D eigenvalue weighted by atomic mass is 10.0. The predicted octanol–water partition coefficient (Wildman–Crippen LogP) is 1.79. The number of allylic oxidation sites excluding steroid dienone is 2. The van der Waals surface area contributed by atoms with Crippen molar-refractivity contribution in [3.63, 3.8) is 0 Å². The highest BCUT2D eigenvalue weighted by atomic mass is 32.2. The van der Waals surface area contributed by atoms with Gasteiger partial charge >= 0.3 is 0 Å². The Kier molecular flexibility index (Phi) is 3.60. The van der Waals surface area contributed by atoms with Crippen LogP contribution in [0.2, 0.25) is 0 Å². The maximum absolute atomic E-state index is 12.7. The van der Waals surface area contributed by atoms with Crippen LogP contribution in [0.15, 0.2) is 45.7 Å². The lowest BCUT2D eigenvalue weighted by Gasteiger charge is -2.30. The molecule has 0 aliphatic carbocycles. The van der Waals surface area contributed by atoms with Gasteiger partial charge in [-0.25, -0.2) is 8.42 Å². The highest BCUT2D eigenvalue weighted by molar-refractivity contribution is 7.89. The van der Waals surface area contributed by atoms with Crippen LogP contribution < -0.4 is 5.32 Å². The number of hydrogen-bond donors (Lipinski definition) is 1. The zero-order valence-electron chi connectivity index (χ0n) is 13.1. The van der Waals surface area contributed by atoms with E-state index in [0.29, 0.717) is 23.3 Å². The van der Waals surface area contributed by atoms with Crippen molar-refractivity contribution in [2.75, 3.05) is 7.05 Å². The highest BCUT2D eigenvalue weighted by Gasteiger charge is 2.36. The van der Waals surface area contributed by atoms with Gasteiger partial charge in [0.1, 0.15) is 5.70 Å². The van der Waals surface area contributed by atoms with Crippen molar-refractivity contribution >= 4 is 27.7 Å². The molecule has 0 aromatic heterocycles. The molecule has 7 heteroatoms. The number of rotatable bonds is 2. The zero-order valence-corrected chi connectivity index (χ0v) is 13.9. The maximum Gasteiger partial charge on any atom is 0.273 e. The Balaban J connectivity index is 2.11. The molecule has 1 aromatic carbocycles. The molecule has 2 aliphatic heterocycles. The number of benzene rings is 1. The number of nitrogens with one attached hydrogen (secondary N) is 1. The van der Waals surface area contributed by atoms with Gasteiger partial charge in [0.2, 0.25) is 0 Å². The Morgan fingerprint density at radius 2 is 2.04 bits per heavy atom. The van der Waals surface area contributed by atoms with E-state index in [2.05, 4.69) is 10.3 Å². The van der Waals surface area contributed by atoms with Gasteiger partial charge < -0.3 is 5.32 Å². The number of carbonyl (C=O) groups excluding carboxylic acids is 1. The molecule has 23 heavy (non-hydrogen) atoms. The van der Waals surface area contributed by atoms with Crippen molar-refractivity contribution in [3.05, 3.63) is 46.9 Å². The molecule has 0 spiro atoms. The fourth-order valence-corrected chi connectivity index (χ4v) is 4.23. The Morgan fingerprint density at radius 1 is 1.30 bits per heavy atom. The summed E-state index contributed by atoms with van der Waals surface area (Å²) in [5.74, 6) is -0.447. The third-order valence-electron chi connectivity index (χ3n) is 3.98. The first-order valence-electron chi connectivity index (χ1n) is 7.15. The lowest BCUT2D eigenvalue weighted by molar-refractivity contribution is -0.117. The molecule has 2 heterocycles. The van der Waals surface area contributed by atoms with Crippen LogP contribution in [-0.2, 0) is 14.8 Å². The predicted molar refractivity (Wildman–Crippen MR) is 88.1 cm³/mol. The van der Waals surface area contributed by atoms with Crippen molar-refractivity contribution in [2.24, 2.45) is 4.99 Å². The summed E-state index contributed by atoms with van der Waals surface area (Å²) in [7, 11) is -2.34. The largest absolute Gasteiger partial charge is 0.322 e. The van der Waals surface area contributed by atoms with Crippen LogP contribution in [0.4, 0.5) is 0 Å². The number of fused-ring (bicyclic) bond motifs is 1. The number of sulfonamides is 1. The minimum atomic E-state index is -3.73. The second-order valence-corrected chi connectivity index (χ2v) is 7.53. The molecule has 1 amide bonds. The first-order valence-corrected chi connectivity index (χ1v) is 8.59. The van der Waals surface area contributed by atoms with Gasteiger partial charge in [0.15, 0.2) is 0 Å². The fourth-order valence-electron chi connectivity index (χ4n) is 2.74. The summed E-state index contributed by atoms with van der Waals surface area (Å²) in [6, 6.07) is 5.13. The third-order valence-corrected chi connectivity index (χ3v) is 5.80. The molecule has 0 unspecified atom stereocenters. The molecule has 1 N–H and O–H groups in total. The number of likely N-dealkylation sites (N-methyl/N-ethyl adjacent to an activating group) is 1. The van der Waals surface area contributed by atoms with Gasteiger partial charge in [0.05, 0.1) is 4.90 Å². The molecular formula is C16H17N3O3S. The lowest BCUT2D eigenvalue weighted by Crippen LogP contribution is -2.39. The highest BCUT2D eigenvalue weighted by Crippen LogP contribution is 2.36. The molecule has 120 valence electrons. The van der Waals surface area contributed by atoms with Gasteiger partial charge in [-0.15, -0.1) is 0 Å². The van der Waals surface area contributed by atoms with Gasteiger partial charge in [0.25, 0.3) is 15.9 Å². The maximum atomic E-state index is 12.7. The third kappa shape index (κ3) is 2.46. The van der Waals surface area contributed by atoms with Crippen molar-refractivity contribution in [3.8, 4) is 0 Å². The van der Waals surface area contributed by atoms with E-state index in [9.17, 15) is 13.2 Å². The number of aryl methyl sites for hydroxylation is 1. The molecule has 6 nitrogen and oxygen atoms in total. The van der Waals surface area contributed by atoms with Gasteiger partial charge in [-0.1, -0.05) is 17.7 Å². The smallest absolute Gasteiger partial charge is 0.273 e. The van der Waals surface area contributed by atoms with E-state index >= 15 is 0 Å². The Hall–Kier alpha value is -2.41. The second-order valence-electron chi connectivity index (χ2n) is 5.59. The summed E-state index contributed by atoms with van der Waals surface area (Å²) in [6.45, 7) is 3.65. The summed E-state index contributed by atoms with van der Waals surface area (Å²) in [4.78, 5) is 16.7. The Morgan fingerprint density at radius 3 is 2.70 bits per heavy atom. The van der Waals surface area contributed by atoms with Crippen molar-refractivity contribution in [2.45, 2.75) is 25.2 Å². The topological polar surface area (TPSA) is 78.8 Å². The Labute approximate surface area is 135 Å². The van der Waals surface area contributed by atoms with E-state index in [4.69, 9.17) is 0 Å². The van der Waals surface area contributed by atoms with Crippen LogP contribution in [0, 0.1) is 6.92 Å². The summed E-state index contributed by atoms with van der Waals surface area (Å²) < 4.78 is 26.4. The first kappa shape index (κ1) is 15.5. The molecule has 0 saturated carbocycles. The van der Waals surface area contributed by atoms with Gasteiger partial charge in [-0.05, 0) is 25.5 Å². The van der Waals surface area contributed by atoms with Crippen LogP contribution in [0.25, 0.3) is 5.57 Å². The van der Waals surface area contributed by atoms with E-state index in [1.807, 2.05) is 6.92 Å². The van der Waals surface area contributed by atoms with E-state index in [-0.39, 0.29) is 10.6 Å². The van der Waals surface area contributed by atoms with E-state index in [0.717, 1.165) is 9.87 Å². The zero-order chi connectivity index (χ0) is 16.8. The van der Waals surface area contributed by atoms with Crippen LogP contribution in [-0.4, -0.2) is 31.9 Å². The van der Waals surface area contributed by atoms with Crippen LogP contribution >= 0.6 is 0 Å². The van der Waals surface area contributed by atoms with E-state index in [1.54, 1.807) is 37.5 Å². The molecule has 0 radical (unpaired) electrons. The SMILES string of the molecule is CC1=C(C(=O)NC2=CN=CC2)N(C)S(=O)(=O)c2ccc(C)cc21. The fraction of sp³-hybridized carbons (Fsp3) is 0.250. The average molecular weight is 331 g/mol. The standard InChI is InChI=1S/C16H17N3O3S/c1-10-4-5-14-13(8-10)11(2)15(19(3)23(14,21)22)16(20)18-12-6-7-17-9-12/h4-5,7-9H,6H2,1-3H3,(H,18,20). The minimum Gasteiger partial charge on any atom is -0.322 e. The molecule has 0 saturated heterocycles. The van der Waals surface area contributed by atoms with Crippen molar-refractivity contribution < 1.29 is 13.2 Å². The van der Waals surface area contributed by atoms with Crippen molar-refractivity contribution in [1.82, 2.24) is 9.62 Å². The van der Waals surface area contributed by atoms with Gasteiger partial charge in [-0.2, -0.15) is 0 Å². The first-order chi connectivity index (χ1) is 10.8. The average Bonchev–Trinajstić information content (AvgIpc) is 2.98. The number of carbonyl (C=O) groups is 1. The second kappa shape index (κ2) is 5.34. The molecule has 0 atom stereocenters. The monoisotopic (exact) mass is 331 g/mol. The molecule has 2 aliphatic rings. The van der Waals surface area contributed by atoms with Crippen molar-refractivity contribution in [1.29, 1.82) is 0 Å².